The molecule has 0 unspecified atom stereocenters. The minimum atomic E-state index is -1.12. The summed E-state index contributed by atoms with van der Waals surface area (Å²) in [6, 6.07) is 0. The van der Waals surface area contributed by atoms with E-state index in [0.717, 1.165) is 9.80 Å². The topological polar surface area (TPSA) is 98.2 Å². The zero-order valence-electron chi connectivity index (χ0n) is 11.5. The highest BCUT2D eigenvalue weighted by Crippen LogP contribution is 1.93. The monoisotopic (exact) mass is 273 g/mol. The fourth-order valence-electron chi connectivity index (χ4n) is 1.14. The summed E-state index contributed by atoms with van der Waals surface area (Å²) < 4.78 is 0. The van der Waals surface area contributed by atoms with Crippen molar-refractivity contribution >= 4 is 23.7 Å². The van der Waals surface area contributed by atoms with E-state index in [2.05, 4.69) is 0 Å². The molecule has 0 aliphatic heterocycles. The van der Waals surface area contributed by atoms with Crippen LogP contribution < -0.4 is 0 Å². The Morgan fingerprint density at radius 3 is 1.53 bits per heavy atom. The number of carbonyl (C=O) groups excluding carboxylic acids is 3. The Bertz CT molecular complexity index is 383. The maximum absolute atomic E-state index is 11.7. The van der Waals surface area contributed by atoms with Crippen molar-refractivity contribution in [1.29, 1.82) is 0 Å². The summed E-state index contributed by atoms with van der Waals surface area (Å²) in [6.07, 6.45) is 0. The quantitative estimate of drug-likeness (QED) is 0.633. The summed E-state index contributed by atoms with van der Waals surface area (Å²) in [5.41, 5.74) is 0. The zero-order chi connectivity index (χ0) is 15.2. The normalized spacial score (nSPS) is 9.68. The largest absolute Gasteiger partial charge is 0.480 e. The Morgan fingerprint density at radius 1 is 0.789 bits per heavy atom. The van der Waals surface area contributed by atoms with Crippen LogP contribution in [0.3, 0.4) is 0 Å². The lowest BCUT2D eigenvalue weighted by molar-refractivity contribution is -0.145. The first-order chi connectivity index (χ1) is 8.65. The van der Waals surface area contributed by atoms with Crippen LogP contribution in [0.4, 0.5) is 0 Å². The minimum absolute atomic E-state index is 0.123. The molecule has 0 saturated carbocycles. The molecule has 8 nitrogen and oxygen atoms in total. The zero-order valence-corrected chi connectivity index (χ0v) is 11.5. The molecule has 0 aliphatic carbocycles. The fourth-order valence-corrected chi connectivity index (χ4v) is 1.14. The molecule has 0 rings (SSSR count). The van der Waals surface area contributed by atoms with Gasteiger partial charge in [-0.05, 0) is 0 Å². The number of hydrogen-bond donors (Lipinski definition) is 1. The summed E-state index contributed by atoms with van der Waals surface area (Å²) in [6.45, 7) is 0.559. The van der Waals surface area contributed by atoms with Crippen LogP contribution in [0.25, 0.3) is 0 Å². The van der Waals surface area contributed by atoms with Gasteiger partial charge in [-0.25, -0.2) is 0 Å². The maximum atomic E-state index is 11.7. The molecular formula is C11H19N3O5. The molecule has 19 heavy (non-hydrogen) atoms. The molecular weight excluding hydrogens is 254 g/mol. The Balaban J connectivity index is 4.32. The fraction of sp³-hybridized carbons (Fsp3) is 0.636. The molecule has 0 heterocycles. The van der Waals surface area contributed by atoms with Crippen molar-refractivity contribution < 1.29 is 24.3 Å². The second-order valence-corrected chi connectivity index (χ2v) is 4.27. The third-order valence-electron chi connectivity index (χ3n) is 2.51. The molecule has 1 N–H and O–H groups in total. The van der Waals surface area contributed by atoms with Gasteiger partial charge < -0.3 is 19.8 Å². The molecule has 0 bridgehead atoms. The van der Waals surface area contributed by atoms with Crippen LogP contribution in [0.1, 0.15) is 6.92 Å². The van der Waals surface area contributed by atoms with Crippen molar-refractivity contribution in [2.24, 2.45) is 0 Å². The van der Waals surface area contributed by atoms with E-state index < -0.39 is 24.3 Å². The molecule has 3 amide bonds. The number of carboxylic acid groups (broad SMARTS) is 1. The van der Waals surface area contributed by atoms with E-state index in [1.807, 2.05) is 0 Å². The van der Waals surface area contributed by atoms with E-state index in [1.54, 1.807) is 0 Å². The van der Waals surface area contributed by atoms with Gasteiger partial charge in [-0.15, -0.1) is 0 Å². The van der Waals surface area contributed by atoms with Crippen LogP contribution in [0.5, 0.6) is 0 Å². The van der Waals surface area contributed by atoms with E-state index >= 15 is 0 Å². The van der Waals surface area contributed by atoms with Crippen LogP contribution in [-0.4, -0.2) is 84.3 Å². The van der Waals surface area contributed by atoms with Gasteiger partial charge in [0.05, 0.1) is 13.1 Å². The van der Waals surface area contributed by atoms with E-state index in [1.165, 1.54) is 33.0 Å². The molecule has 0 aromatic carbocycles. The Kier molecular flexibility index (Phi) is 6.53. The SMILES string of the molecule is CC(=O)N(C)CC(=O)N(C)CC(=O)N(C)CC(=O)O. The average Bonchev–Trinajstić information content (AvgIpc) is 2.27. The standard InChI is InChI=1S/C11H19N3O5/c1-8(15)12(2)5-9(16)13(3)6-10(17)14(4)7-11(18)19/h5-7H2,1-4H3,(H,18,19). The lowest BCUT2D eigenvalue weighted by atomic mass is 10.4. The Hall–Kier alpha value is -2.12. The van der Waals surface area contributed by atoms with Crippen molar-refractivity contribution in [3.63, 3.8) is 0 Å². The van der Waals surface area contributed by atoms with Crippen molar-refractivity contribution in [3.05, 3.63) is 0 Å². The van der Waals surface area contributed by atoms with E-state index in [0.29, 0.717) is 0 Å². The van der Waals surface area contributed by atoms with Gasteiger partial charge in [0.15, 0.2) is 0 Å². The molecule has 0 fully saturated rings. The molecule has 8 heteroatoms. The number of likely N-dealkylation sites (N-methyl/N-ethyl adjacent to an activating group) is 3. The van der Waals surface area contributed by atoms with Gasteiger partial charge in [0.1, 0.15) is 6.54 Å². The van der Waals surface area contributed by atoms with Gasteiger partial charge in [-0.3, -0.25) is 19.2 Å². The molecule has 0 aromatic rings. The van der Waals surface area contributed by atoms with E-state index in [9.17, 15) is 19.2 Å². The molecule has 0 radical (unpaired) electrons. The highest BCUT2D eigenvalue weighted by molar-refractivity contribution is 5.88. The van der Waals surface area contributed by atoms with Crippen LogP contribution in [0.15, 0.2) is 0 Å². The maximum Gasteiger partial charge on any atom is 0.323 e. The first-order valence-electron chi connectivity index (χ1n) is 5.56. The first-order valence-corrected chi connectivity index (χ1v) is 5.56. The third-order valence-corrected chi connectivity index (χ3v) is 2.51. The number of nitrogens with zero attached hydrogens (tertiary/aromatic N) is 3. The van der Waals surface area contributed by atoms with Crippen molar-refractivity contribution in [3.8, 4) is 0 Å². The number of amides is 3. The van der Waals surface area contributed by atoms with Crippen LogP contribution in [0, 0.1) is 0 Å². The van der Waals surface area contributed by atoms with Crippen LogP contribution in [0.2, 0.25) is 0 Å². The molecule has 0 spiro atoms. The van der Waals surface area contributed by atoms with Gasteiger partial charge in [-0.2, -0.15) is 0 Å². The average molecular weight is 273 g/mol. The predicted octanol–water partition coefficient (Wildman–Crippen LogP) is -1.53. The van der Waals surface area contributed by atoms with Crippen molar-refractivity contribution in [2.75, 3.05) is 40.8 Å². The number of carboxylic acids is 1. The lowest BCUT2D eigenvalue weighted by Crippen LogP contribution is -2.44. The Labute approximate surface area is 111 Å². The summed E-state index contributed by atoms with van der Waals surface area (Å²) in [7, 11) is 4.24. The lowest BCUT2D eigenvalue weighted by Gasteiger charge is -2.23. The minimum Gasteiger partial charge on any atom is -0.480 e. The summed E-state index contributed by atoms with van der Waals surface area (Å²) >= 11 is 0. The number of aliphatic carboxylic acids is 1. The summed E-state index contributed by atoms with van der Waals surface area (Å²) in [4.78, 5) is 48.1. The molecule has 0 aliphatic rings. The smallest absolute Gasteiger partial charge is 0.323 e. The summed E-state index contributed by atoms with van der Waals surface area (Å²) in [5, 5.41) is 8.54. The van der Waals surface area contributed by atoms with Crippen molar-refractivity contribution in [2.45, 2.75) is 6.92 Å². The molecule has 108 valence electrons. The second-order valence-electron chi connectivity index (χ2n) is 4.27. The van der Waals surface area contributed by atoms with Crippen LogP contribution >= 0.6 is 0 Å². The van der Waals surface area contributed by atoms with Gasteiger partial charge >= 0.3 is 5.97 Å². The first kappa shape index (κ1) is 16.9. The Morgan fingerprint density at radius 2 is 1.16 bits per heavy atom. The van der Waals surface area contributed by atoms with Gasteiger partial charge in [0, 0.05) is 28.1 Å². The van der Waals surface area contributed by atoms with E-state index in [4.69, 9.17) is 5.11 Å². The highest BCUT2D eigenvalue weighted by atomic mass is 16.4. The van der Waals surface area contributed by atoms with Gasteiger partial charge in [0.25, 0.3) is 0 Å². The van der Waals surface area contributed by atoms with Gasteiger partial charge in [-0.1, -0.05) is 0 Å². The van der Waals surface area contributed by atoms with E-state index in [-0.39, 0.29) is 19.0 Å². The number of carbonyl (C=O) groups is 4. The molecule has 0 saturated heterocycles. The van der Waals surface area contributed by atoms with Crippen LogP contribution in [-0.2, 0) is 19.2 Å². The number of rotatable bonds is 6. The predicted molar refractivity (Wildman–Crippen MR) is 66.2 cm³/mol. The van der Waals surface area contributed by atoms with Crippen molar-refractivity contribution in [1.82, 2.24) is 14.7 Å². The summed E-state index contributed by atoms with van der Waals surface area (Å²) in [5.74, 6) is -2.25. The molecule has 0 aromatic heterocycles. The molecule has 0 atom stereocenters. The van der Waals surface area contributed by atoms with Gasteiger partial charge in [0.2, 0.25) is 17.7 Å². The second kappa shape index (κ2) is 7.34. The highest BCUT2D eigenvalue weighted by Gasteiger charge is 2.19. The third kappa shape index (κ3) is 6.39. The number of hydrogen-bond acceptors (Lipinski definition) is 4.